The molecule has 0 aromatic carbocycles. The second-order valence-electron chi connectivity index (χ2n) is 1.32. The van der Waals surface area contributed by atoms with Gasteiger partial charge in [-0.3, -0.25) is 0 Å². The minimum Gasteiger partial charge on any atom is -0.165 e. The van der Waals surface area contributed by atoms with Crippen LogP contribution in [0, 0.1) is 0 Å². The first kappa shape index (κ1) is 8.54. The Kier molecular flexibility index (Phi) is 1.95. The van der Waals surface area contributed by atoms with Crippen LogP contribution in [0.4, 0.5) is 26.6 Å². The Hall–Kier alpha value is -0.460. The van der Waals surface area contributed by atoms with Crippen LogP contribution in [0.2, 0.25) is 0 Å². The maximum Gasteiger partial charge on any atom is 0.449 e. The van der Waals surface area contributed by atoms with E-state index in [-0.39, 0.29) is 0 Å². The van der Waals surface area contributed by atoms with Crippen LogP contribution in [0.1, 0.15) is 0 Å². The van der Waals surface area contributed by atoms with E-state index in [0.29, 0.717) is 0 Å². The zero-order chi connectivity index (χ0) is 7.71. The molecule has 0 atom stereocenters. The largest absolute Gasteiger partial charge is 0.449 e. The van der Waals surface area contributed by atoms with Crippen LogP contribution >= 0.6 is 0 Å². The highest BCUT2D eigenvalue weighted by molar-refractivity contribution is 4.40. The van der Waals surface area contributed by atoms with Crippen molar-refractivity contribution >= 4 is 0 Å². The highest BCUT2D eigenvalue weighted by Crippen LogP contribution is 2.23. The minimum absolute atomic E-state index is 2.77. The first-order valence-electron chi connectivity index (χ1n) is 1.74. The summed E-state index contributed by atoms with van der Waals surface area (Å²) in [5.74, 6) is 0. The molecule has 0 saturated heterocycles. The summed E-state index contributed by atoms with van der Waals surface area (Å²) in [7, 11) is 0. The molecule has 0 spiro atoms. The average molecular weight is 154 g/mol. The summed E-state index contributed by atoms with van der Waals surface area (Å²) < 4.78 is 64.8. The minimum atomic E-state index is -5.17. The zero-order valence-corrected chi connectivity index (χ0v) is 3.92. The highest BCUT2D eigenvalue weighted by atomic mass is 19.6. The predicted molar refractivity (Wildman–Crippen MR) is 14.5 cm³/mol. The highest BCUT2D eigenvalue weighted by Gasteiger charge is 2.47. The first-order chi connectivity index (χ1) is 3.71. The second-order valence-corrected chi connectivity index (χ2v) is 1.32. The van der Waals surface area contributed by atoms with E-state index in [1.165, 1.54) is 0 Å². The van der Waals surface area contributed by atoms with E-state index in [1.807, 2.05) is 0 Å². The van der Waals surface area contributed by atoms with Crippen molar-refractivity contribution in [2.45, 2.75) is 6.18 Å². The summed E-state index contributed by atoms with van der Waals surface area (Å²) in [6.07, 6.45) is -5.17. The van der Waals surface area contributed by atoms with E-state index in [1.54, 1.807) is 0 Å². The molecule has 0 aromatic rings. The van der Waals surface area contributed by atoms with Crippen molar-refractivity contribution in [1.82, 2.24) is 0 Å². The lowest BCUT2D eigenvalue weighted by molar-refractivity contribution is -1.27. The summed E-state index contributed by atoms with van der Waals surface area (Å²) in [6.45, 7) is -2.77. The molecule has 0 aromatic heterocycles. The van der Waals surface area contributed by atoms with Gasteiger partial charge in [0.1, 0.15) is 0 Å². The average Bonchev–Trinajstić information content (AvgIpc) is 1.14. The molecule has 0 rings (SSSR count). The van der Waals surface area contributed by atoms with Crippen molar-refractivity contribution in [3.05, 3.63) is 0 Å². The lowest BCUT2D eigenvalue weighted by atomic mass is 10.7. The molecule has 0 heterocycles. The Labute approximate surface area is 45.9 Å². The first-order valence-corrected chi connectivity index (χ1v) is 1.74. The Morgan fingerprint density at radius 3 is 1.33 bits per heavy atom. The van der Waals surface area contributed by atoms with Crippen molar-refractivity contribution < 1.29 is 31.8 Å². The van der Waals surface area contributed by atoms with Gasteiger partial charge in [-0.2, -0.15) is 13.2 Å². The van der Waals surface area contributed by atoms with Crippen molar-refractivity contribution in [2.75, 3.05) is 6.54 Å². The van der Waals surface area contributed by atoms with Crippen LogP contribution in [-0.4, -0.2) is 17.9 Å². The molecule has 0 aliphatic carbocycles. The van der Waals surface area contributed by atoms with E-state index >= 15 is 0 Å². The Morgan fingerprint density at radius 2 is 1.33 bits per heavy atom. The van der Waals surface area contributed by atoms with Gasteiger partial charge in [0.2, 0.25) is 0 Å². The fourth-order valence-electron chi connectivity index (χ4n) is 0.203. The lowest BCUT2D eigenvalue weighted by Crippen LogP contribution is -2.32. The summed E-state index contributed by atoms with van der Waals surface area (Å²) in [6, 6.07) is 0. The SMILES string of the molecule is FC(F)(F)C[N+](F)(F)F. The quantitative estimate of drug-likeness (QED) is 0.400. The number of nitrogens with zero attached hydrogens (tertiary/aromatic N) is 1. The van der Waals surface area contributed by atoms with Crippen LogP contribution in [0.25, 0.3) is 0 Å². The van der Waals surface area contributed by atoms with Gasteiger partial charge in [-0.15, -0.1) is 0 Å². The molecule has 0 aliphatic rings. The molecule has 0 aliphatic heterocycles. The lowest BCUT2D eigenvalue weighted by Gasteiger charge is -2.02. The van der Waals surface area contributed by atoms with Gasteiger partial charge in [-0.05, 0) is 0 Å². The van der Waals surface area contributed by atoms with E-state index < -0.39 is 17.9 Å². The number of alkyl halides is 3. The molecule has 7 heteroatoms. The van der Waals surface area contributed by atoms with E-state index in [9.17, 15) is 26.6 Å². The number of quaternary nitrogens is 1. The number of hydrogen-bond donors (Lipinski definition) is 0. The number of hydrogen-bond acceptors (Lipinski definition) is 0. The van der Waals surface area contributed by atoms with Gasteiger partial charge in [-0.25, -0.2) is 0 Å². The second kappa shape index (κ2) is 2.05. The summed E-state index contributed by atoms with van der Waals surface area (Å²) in [5, 5.41) is -4.57. The zero-order valence-electron chi connectivity index (χ0n) is 3.92. The van der Waals surface area contributed by atoms with Crippen molar-refractivity contribution in [3.8, 4) is 0 Å². The molecule has 0 bridgehead atoms. The molecule has 1 nitrogen and oxygen atoms in total. The van der Waals surface area contributed by atoms with Crippen LogP contribution in [0.15, 0.2) is 0 Å². The van der Waals surface area contributed by atoms with Gasteiger partial charge in [0.05, 0.1) is 13.4 Å². The van der Waals surface area contributed by atoms with E-state index in [0.717, 1.165) is 0 Å². The number of halogens is 6. The monoisotopic (exact) mass is 154 g/mol. The van der Waals surface area contributed by atoms with Crippen LogP contribution in [0.3, 0.4) is 0 Å². The third-order valence-corrected chi connectivity index (χ3v) is 0.359. The summed E-state index contributed by atoms with van der Waals surface area (Å²) in [4.78, 5) is 0. The third-order valence-electron chi connectivity index (χ3n) is 0.359. The van der Waals surface area contributed by atoms with Crippen molar-refractivity contribution in [1.29, 1.82) is 0 Å². The van der Waals surface area contributed by atoms with E-state index in [2.05, 4.69) is 0 Å². The molecule has 9 heavy (non-hydrogen) atoms. The standard InChI is InChI=1S/C2H2F6N/c3-2(4,5)1-9(6,7)8/h1H2/q+1. The fourth-order valence-corrected chi connectivity index (χ4v) is 0.203. The molecule has 0 amide bonds. The third kappa shape index (κ3) is 7.54. The Bertz CT molecular complexity index is 76.2. The molecule has 0 unspecified atom stereocenters. The maximum absolute atomic E-state index is 10.8. The van der Waals surface area contributed by atoms with Crippen LogP contribution < -0.4 is 0 Å². The number of rotatable bonds is 1. The summed E-state index contributed by atoms with van der Waals surface area (Å²) >= 11 is 0. The molecular weight excluding hydrogens is 152 g/mol. The van der Waals surface area contributed by atoms with Crippen LogP contribution in [0.5, 0.6) is 0 Å². The predicted octanol–water partition coefficient (Wildman–Crippen LogP) is 2.02. The summed E-state index contributed by atoms with van der Waals surface area (Å²) in [5.41, 5.74) is 0. The topological polar surface area (TPSA) is 0 Å². The Balaban J connectivity index is 3.75. The van der Waals surface area contributed by atoms with Gasteiger partial charge in [0, 0.05) is 0 Å². The maximum atomic E-state index is 10.8. The molecule has 56 valence electrons. The fraction of sp³-hybridized carbons (Fsp3) is 1.00. The normalized spacial score (nSPS) is 14.0. The van der Waals surface area contributed by atoms with Crippen molar-refractivity contribution in [3.63, 3.8) is 0 Å². The molecule has 0 N–H and O–H groups in total. The smallest absolute Gasteiger partial charge is 0.165 e. The van der Waals surface area contributed by atoms with Gasteiger partial charge in [0.15, 0.2) is 0 Å². The van der Waals surface area contributed by atoms with Crippen molar-refractivity contribution in [2.24, 2.45) is 0 Å². The van der Waals surface area contributed by atoms with Gasteiger partial charge in [0.25, 0.3) is 11.7 Å². The van der Waals surface area contributed by atoms with E-state index in [4.69, 9.17) is 0 Å². The molecular formula is C2H2F6N+. The molecule has 0 radical (unpaired) electrons. The van der Waals surface area contributed by atoms with Gasteiger partial charge < -0.3 is 0 Å². The van der Waals surface area contributed by atoms with Gasteiger partial charge in [-0.1, -0.05) is 0 Å². The Morgan fingerprint density at radius 1 is 1.00 bits per heavy atom. The molecule has 0 fully saturated rings. The molecule has 0 saturated carbocycles. The van der Waals surface area contributed by atoms with Gasteiger partial charge >= 0.3 is 6.18 Å². The van der Waals surface area contributed by atoms with Crippen LogP contribution in [-0.2, 0) is 0 Å².